The van der Waals surface area contributed by atoms with E-state index < -0.39 is 44.9 Å². The summed E-state index contributed by atoms with van der Waals surface area (Å²) >= 11 is -2.98. The van der Waals surface area contributed by atoms with E-state index in [1.807, 2.05) is 0 Å². The van der Waals surface area contributed by atoms with Crippen molar-refractivity contribution >= 4 is 45.9 Å². The fourth-order valence-electron chi connectivity index (χ4n) is 9.48. The van der Waals surface area contributed by atoms with E-state index in [4.69, 9.17) is 8.85 Å². The molecular weight excluding hydrogens is 831 g/mol. The molecule has 54 heavy (non-hydrogen) atoms. The van der Waals surface area contributed by atoms with E-state index >= 15 is 0 Å². The first kappa shape index (κ1) is 44.8. The van der Waals surface area contributed by atoms with Crippen molar-refractivity contribution in [3.8, 4) is 0 Å². The molecule has 4 aromatic rings. The van der Waals surface area contributed by atoms with Crippen molar-refractivity contribution in [3.63, 3.8) is 0 Å². The molecule has 2 aliphatic carbocycles. The van der Waals surface area contributed by atoms with E-state index in [2.05, 4.69) is 177 Å². The average Bonchev–Trinajstić information content (AvgIpc) is 3.61. The van der Waals surface area contributed by atoms with Crippen LogP contribution in [0.25, 0.3) is 11.5 Å². The van der Waals surface area contributed by atoms with Gasteiger partial charge in [-0.15, -0.1) is 0 Å². The van der Waals surface area contributed by atoms with Crippen molar-refractivity contribution < 1.29 is 54.6 Å². The third kappa shape index (κ3) is 8.95. The minimum absolute atomic E-state index is 0. The average molecular weight is 892 g/mol. The Hall–Kier alpha value is -1.93. The fraction of sp³-hybridized carbons (Fsp3) is 0.391. The molecule has 2 aliphatic rings. The van der Waals surface area contributed by atoms with E-state index in [9.17, 15) is 0 Å². The molecule has 0 N–H and O–H groups in total. The molecule has 0 bridgehead atoms. The number of allylic oxidation sites excluding steroid dienone is 2. The monoisotopic (exact) mass is 889 g/mol. The second-order valence-corrected chi connectivity index (χ2v) is 37.2. The Bertz CT molecular complexity index is 1770. The second-order valence-electron chi connectivity index (χ2n) is 16.9. The second kappa shape index (κ2) is 19.0. The number of hydrogen-bond donors (Lipinski definition) is 0. The maximum Gasteiger partial charge on any atom is -1.00 e. The van der Waals surface area contributed by atoms with Gasteiger partial charge in [0.15, 0.2) is 0 Å². The maximum absolute atomic E-state index is 7.23. The van der Waals surface area contributed by atoms with Crippen LogP contribution in [-0.4, -0.2) is 24.0 Å². The SMILES string of the molecule is CCCC(C)(C)C1=C(O[SiH](C)C)c2ccccc2[CH]1[Zr+2]([CH]1C(C(C)(C)CCC)=C(O[SiH](C)C)c2ccccc21)[SiH](c1ccccc1)c1ccccc1.[Cl-].[Cl-]. The Kier molecular flexibility index (Phi) is 15.8. The minimum Gasteiger partial charge on any atom is -1.00 e. The van der Waals surface area contributed by atoms with Gasteiger partial charge in [-0.2, -0.15) is 0 Å². The number of fused-ring (bicyclic) bond motifs is 2. The van der Waals surface area contributed by atoms with E-state index in [0.717, 1.165) is 25.7 Å². The van der Waals surface area contributed by atoms with Gasteiger partial charge in [-0.1, -0.05) is 0 Å². The number of halogens is 2. The zero-order chi connectivity index (χ0) is 37.2. The van der Waals surface area contributed by atoms with Gasteiger partial charge in [0.25, 0.3) is 0 Å². The van der Waals surface area contributed by atoms with Crippen molar-refractivity contribution in [2.75, 3.05) is 0 Å². The Morgan fingerprint density at radius 3 is 1.19 bits per heavy atom. The van der Waals surface area contributed by atoms with E-state index in [1.54, 1.807) is 32.6 Å². The summed E-state index contributed by atoms with van der Waals surface area (Å²) in [5.41, 5.74) is 9.07. The van der Waals surface area contributed by atoms with Crippen LogP contribution < -0.4 is 35.2 Å². The third-order valence-electron chi connectivity index (χ3n) is 11.3. The summed E-state index contributed by atoms with van der Waals surface area (Å²) in [5.74, 6) is 0.643. The van der Waals surface area contributed by atoms with Crippen LogP contribution >= 0.6 is 0 Å². The minimum atomic E-state index is -2.98. The van der Waals surface area contributed by atoms with Crippen LogP contribution in [0, 0.1) is 10.8 Å². The van der Waals surface area contributed by atoms with Gasteiger partial charge in [-0.3, -0.25) is 0 Å². The van der Waals surface area contributed by atoms with Gasteiger partial charge in [0.2, 0.25) is 0 Å². The van der Waals surface area contributed by atoms with Gasteiger partial charge < -0.3 is 24.8 Å². The fourth-order valence-corrected chi connectivity index (χ4v) is 39.5. The predicted octanol–water partition coefficient (Wildman–Crippen LogP) is 4.74. The molecule has 6 rings (SSSR count). The number of benzene rings is 4. The molecule has 287 valence electrons. The molecule has 0 heterocycles. The van der Waals surface area contributed by atoms with Crippen molar-refractivity contribution in [1.82, 2.24) is 0 Å². The molecular formula is C46H61Cl2O2Si3Zr. The summed E-state index contributed by atoms with van der Waals surface area (Å²) < 4.78 is 15.2. The third-order valence-corrected chi connectivity index (χ3v) is 35.5. The topological polar surface area (TPSA) is 18.5 Å². The summed E-state index contributed by atoms with van der Waals surface area (Å²) in [5, 5.41) is 3.19. The first-order valence-electron chi connectivity index (χ1n) is 19.9. The largest absolute Gasteiger partial charge is 1.00 e. The molecule has 0 aliphatic heterocycles. The summed E-state index contributed by atoms with van der Waals surface area (Å²) in [6.45, 7) is 24.3. The van der Waals surface area contributed by atoms with E-state index in [1.165, 1.54) is 22.6 Å². The van der Waals surface area contributed by atoms with Crippen LogP contribution in [-0.2, 0) is 29.8 Å². The first-order chi connectivity index (χ1) is 24.9. The zero-order valence-electron chi connectivity index (χ0n) is 34.2. The van der Waals surface area contributed by atoms with Crippen LogP contribution in [0.3, 0.4) is 0 Å². The van der Waals surface area contributed by atoms with Crippen LogP contribution in [0.15, 0.2) is 120 Å². The van der Waals surface area contributed by atoms with Gasteiger partial charge >= 0.3 is 330 Å². The molecule has 4 aromatic carbocycles. The Morgan fingerprint density at radius 1 is 0.519 bits per heavy atom. The van der Waals surface area contributed by atoms with Gasteiger partial charge in [0.05, 0.1) is 0 Å². The van der Waals surface area contributed by atoms with Crippen molar-refractivity contribution in [3.05, 3.63) is 143 Å². The molecule has 0 spiro atoms. The molecule has 0 saturated carbocycles. The Labute approximate surface area is 351 Å². The molecule has 2 unspecified atom stereocenters. The van der Waals surface area contributed by atoms with Crippen molar-refractivity contribution in [1.29, 1.82) is 0 Å². The molecule has 0 radical (unpaired) electrons. The quantitative estimate of drug-likeness (QED) is 0.161. The summed E-state index contributed by atoms with van der Waals surface area (Å²) in [4.78, 5) is 0. The summed E-state index contributed by atoms with van der Waals surface area (Å²) in [6, 6.07) is 42.5. The molecule has 0 amide bonds. The molecule has 0 saturated heterocycles. The van der Waals surface area contributed by atoms with E-state index in [-0.39, 0.29) is 35.6 Å². The van der Waals surface area contributed by atoms with Crippen LogP contribution in [0.2, 0.25) is 26.2 Å². The van der Waals surface area contributed by atoms with Gasteiger partial charge in [-0.25, -0.2) is 0 Å². The standard InChI is InChI=1S/2C17H25OSi.C12H11Si.2ClH.Zr/c2*1-6-11-17(2,3)15-12-13-9-7-8-10-14(13)16(15)18-19(4)5;1-3-7-11(8-4-1)13-12-9-5-2-6-10-12;;;/h2*7-10,12,19H,6,11H2,1-5H3;1-10,13H;2*1H;/q;;;;;+2/p-2. The van der Waals surface area contributed by atoms with Crippen LogP contribution in [0.5, 0.6) is 0 Å². The normalized spacial score (nSPS) is 16.7. The molecule has 2 nitrogen and oxygen atoms in total. The molecule has 2 atom stereocenters. The van der Waals surface area contributed by atoms with Crippen molar-refractivity contribution in [2.24, 2.45) is 10.8 Å². The van der Waals surface area contributed by atoms with Crippen LogP contribution in [0.1, 0.15) is 96.7 Å². The van der Waals surface area contributed by atoms with E-state index in [0.29, 0.717) is 7.25 Å². The van der Waals surface area contributed by atoms with Crippen LogP contribution in [0.4, 0.5) is 0 Å². The molecule has 0 fully saturated rings. The van der Waals surface area contributed by atoms with Gasteiger partial charge in [0, 0.05) is 0 Å². The first-order valence-corrected chi connectivity index (χ1v) is 34.3. The molecule has 0 aromatic heterocycles. The predicted molar refractivity (Wildman–Crippen MR) is 229 cm³/mol. The van der Waals surface area contributed by atoms with Crippen molar-refractivity contribution in [2.45, 2.75) is 101 Å². The summed E-state index contributed by atoms with van der Waals surface area (Å²) in [6.07, 6.45) is 4.61. The Morgan fingerprint density at radius 2 is 0.852 bits per heavy atom. The van der Waals surface area contributed by atoms with Gasteiger partial charge in [0.1, 0.15) is 0 Å². The molecule has 8 heteroatoms. The van der Waals surface area contributed by atoms with Gasteiger partial charge in [-0.05, 0) is 0 Å². The summed E-state index contributed by atoms with van der Waals surface area (Å²) in [7, 11) is -2.84. The Balaban J connectivity index is 0.00000325. The number of rotatable bonds is 15. The smallest absolute Gasteiger partial charge is 1.00 e. The number of hydrogen-bond acceptors (Lipinski definition) is 2. The zero-order valence-corrected chi connectivity index (χ0v) is 41.6. The maximum atomic E-state index is 7.23.